The third kappa shape index (κ3) is 3.43. The quantitative estimate of drug-likeness (QED) is 0.800. The number of likely N-dealkylation sites (N-methyl/N-ethyl adjacent to an activating group) is 1. The molecule has 1 N–H and O–H groups in total. The van der Waals surface area contributed by atoms with Crippen molar-refractivity contribution in [3.63, 3.8) is 0 Å². The fourth-order valence-electron chi connectivity index (χ4n) is 3.59. The molecular formula is C14H29N3. The fraction of sp³-hybridized carbons (Fsp3) is 1.00. The molecule has 100 valence electrons. The summed E-state index contributed by atoms with van der Waals surface area (Å²) in [5, 5.41) is 3.50. The van der Waals surface area contributed by atoms with Crippen molar-refractivity contribution in [1.82, 2.24) is 15.1 Å². The van der Waals surface area contributed by atoms with Gasteiger partial charge in [0.2, 0.25) is 0 Å². The molecule has 0 radical (unpaired) electrons. The Hall–Kier alpha value is -0.120. The molecule has 3 heteroatoms. The van der Waals surface area contributed by atoms with Gasteiger partial charge in [-0.3, -0.25) is 0 Å². The third-order valence-corrected chi connectivity index (χ3v) is 4.73. The van der Waals surface area contributed by atoms with Crippen LogP contribution in [-0.4, -0.2) is 62.7 Å². The highest BCUT2D eigenvalue weighted by atomic mass is 15.2. The summed E-state index contributed by atoms with van der Waals surface area (Å²) in [7, 11) is 6.57. The van der Waals surface area contributed by atoms with Gasteiger partial charge in [0.25, 0.3) is 0 Å². The highest BCUT2D eigenvalue weighted by Gasteiger charge is 2.29. The van der Waals surface area contributed by atoms with E-state index < -0.39 is 0 Å². The summed E-state index contributed by atoms with van der Waals surface area (Å²) in [5.74, 6) is 0.890. The molecule has 0 aromatic carbocycles. The van der Waals surface area contributed by atoms with Crippen LogP contribution in [0.25, 0.3) is 0 Å². The normalized spacial score (nSPS) is 35.6. The maximum absolute atomic E-state index is 3.50. The minimum absolute atomic E-state index is 0.773. The van der Waals surface area contributed by atoms with Crippen LogP contribution in [0.5, 0.6) is 0 Å². The summed E-state index contributed by atoms with van der Waals surface area (Å²) in [6.45, 7) is 3.91. The van der Waals surface area contributed by atoms with Gasteiger partial charge >= 0.3 is 0 Å². The first kappa shape index (κ1) is 13.3. The van der Waals surface area contributed by atoms with E-state index in [-0.39, 0.29) is 0 Å². The average Bonchev–Trinajstić information content (AvgIpc) is 2.76. The molecule has 1 saturated heterocycles. The summed E-state index contributed by atoms with van der Waals surface area (Å²) < 4.78 is 0. The van der Waals surface area contributed by atoms with Crippen molar-refractivity contribution in [3.8, 4) is 0 Å². The van der Waals surface area contributed by atoms with Crippen molar-refractivity contribution in [1.29, 1.82) is 0 Å². The van der Waals surface area contributed by atoms with Crippen LogP contribution in [0.3, 0.4) is 0 Å². The lowest BCUT2D eigenvalue weighted by molar-refractivity contribution is 0.114. The van der Waals surface area contributed by atoms with Crippen LogP contribution in [0.15, 0.2) is 0 Å². The second-order valence-corrected chi connectivity index (χ2v) is 6.11. The largest absolute Gasteiger partial charge is 0.317 e. The predicted molar refractivity (Wildman–Crippen MR) is 73.3 cm³/mol. The maximum Gasteiger partial charge on any atom is 0.0217 e. The summed E-state index contributed by atoms with van der Waals surface area (Å²) >= 11 is 0. The Morgan fingerprint density at radius 1 is 1.18 bits per heavy atom. The van der Waals surface area contributed by atoms with Crippen LogP contribution in [0.1, 0.15) is 32.1 Å². The lowest BCUT2D eigenvalue weighted by Crippen LogP contribution is -2.48. The Bertz CT molecular complexity index is 230. The predicted octanol–water partition coefficient (Wildman–Crippen LogP) is 1.40. The number of nitrogens with one attached hydrogen (secondary N) is 1. The molecule has 0 spiro atoms. The van der Waals surface area contributed by atoms with E-state index in [1.807, 2.05) is 0 Å². The first-order valence-electron chi connectivity index (χ1n) is 7.26. The minimum Gasteiger partial charge on any atom is -0.317 e. The van der Waals surface area contributed by atoms with Crippen LogP contribution in [-0.2, 0) is 0 Å². The molecule has 1 saturated carbocycles. The second kappa shape index (κ2) is 6.17. The number of likely N-dealkylation sites (tertiary alicyclic amines) is 1. The van der Waals surface area contributed by atoms with Crippen molar-refractivity contribution in [2.24, 2.45) is 5.92 Å². The Balaban J connectivity index is 1.82. The summed E-state index contributed by atoms with van der Waals surface area (Å²) in [4.78, 5) is 5.10. The van der Waals surface area contributed by atoms with Crippen LogP contribution in [0, 0.1) is 5.92 Å². The zero-order valence-electron chi connectivity index (χ0n) is 11.8. The summed E-state index contributed by atoms with van der Waals surface area (Å²) in [6.07, 6.45) is 6.98. The number of hydrogen-bond donors (Lipinski definition) is 1. The maximum atomic E-state index is 3.50. The van der Waals surface area contributed by atoms with Gasteiger partial charge in [-0.05, 0) is 59.3 Å². The zero-order chi connectivity index (χ0) is 12.3. The lowest BCUT2D eigenvalue weighted by Gasteiger charge is -2.38. The van der Waals surface area contributed by atoms with Crippen LogP contribution in [0.4, 0.5) is 0 Å². The minimum atomic E-state index is 0.773. The van der Waals surface area contributed by atoms with E-state index in [0.29, 0.717) is 0 Å². The van der Waals surface area contributed by atoms with Crippen molar-refractivity contribution in [2.75, 3.05) is 40.8 Å². The molecule has 0 amide bonds. The number of piperidine rings is 1. The molecule has 0 aromatic rings. The SMILES string of the molecule is CNC1CCCC1CN1CCCC(N(C)C)C1. The summed E-state index contributed by atoms with van der Waals surface area (Å²) in [5.41, 5.74) is 0. The Labute approximate surface area is 107 Å². The molecule has 2 fully saturated rings. The molecule has 0 aromatic heterocycles. The molecule has 1 aliphatic carbocycles. The standard InChI is InChI=1S/C14H29N3/c1-15-14-8-4-6-12(14)10-17-9-5-7-13(11-17)16(2)3/h12-15H,4-11H2,1-3H3. The Kier molecular flexibility index (Phi) is 4.83. The Morgan fingerprint density at radius 2 is 2.00 bits per heavy atom. The van der Waals surface area contributed by atoms with Crippen molar-refractivity contribution < 1.29 is 0 Å². The van der Waals surface area contributed by atoms with E-state index in [4.69, 9.17) is 0 Å². The molecule has 3 nitrogen and oxygen atoms in total. The van der Waals surface area contributed by atoms with Gasteiger partial charge in [0.15, 0.2) is 0 Å². The third-order valence-electron chi connectivity index (χ3n) is 4.73. The van der Waals surface area contributed by atoms with E-state index >= 15 is 0 Å². The van der Waals surface area contributed by atoms with Gasteiger partial charge in [0, 0.05) is 25.2 Å². The first-order valence-corrected chi connectivity index (χ1v) is 7.26. The highest BCUT2D eigenvalue weighted by Crippen LogP contribution is 2.27. The lowest BCUT2D eigenvalue weighted by atomic mass is 9.99. The number of nitrogens with zero attached hydrogens (tertiary/aromatic N) is 2. The van der Waals surface area contributed by atoms with Gasteiger partial charge in [0.05, 0.1) is 0 Å². The van der Waals surface area contributed by atoms with Crippen molar-refractivity contribution in [3.05, 3.63) is 0 Å². The molecule has 2 aliphatic rings. The van der Waals surface area contributed by atoms with Gasteiger partial charge in [-0.1, -0.05) is 6.42 Å². The smallest absolute Gasteiger partial charge is 0.0217 e. The van der Waals surface area contributed by atoms with Gasteiger partial charge in [-0.25, -0.2) is 0 Å². The average molecular weight is 239 g/mol. The molecule has 17 heavy (non-hydrogen) atoms. The first-order chi connectivity index (χ1) is 8.20. The van der Waals surface area contributed by atoms with E-state index in [2.05, 4.69) is 36.3 Å². The molecule has 3 atom stereocenters. The molecule has 1 heterocycles. The van der Waals surface area contributed by atoms with Gasteiger partial charge in [-0.2, -0.15) is 0 Å². The van der Waals surface area contributed by atoms with Crippen LogP contribution >= 0.6 is 0 Å². The fourth-order valence-corrected chi connectivity index (χ4v) is 3.59. The molecule has 1 aliphatic heterocycles. The number of rotatable bonds is 4. The van der Waals surface area contributed by atoms with Gasteiger partial charge < -0.3 is 15.1 Å². The van der Waals surface area contributed by atoms with Crippen LogP contribution in [0.2, 0.25) is 0 Å². The molecule has 3 unspecified atom stereocenters. The summed E-state index contributed by atoms with van der Waals surface area (Å²) in [6, 6.07) is 1.55. The van der Waals surface area contributed by atoms with Gasteiger partial charge in [0.1, 0.15) is 0 Å². The van der Waals surface area contributed by atoms with Crippen LogP contribution < -0.4 is 5.32 Å². The van der Waals surface area contributed by atoms with E-state index in [9.17, 15) is 0 Å². The monoisotopic (exact) mass is 239 g/mol. The number of hydrogen-bond acceptors (Lipinski definition) is 3. The van der Waals surface area contributed by atoms with Gasteiger partial charge in [-0.15, -0.1) is 0 Å². The molecule has 2 rings (SSSR count). The van der Waals surface area contributed by atoms with E-state index in [1.165, 1.54) is 51.7 Å². The molecular weight excluding hydrogens is 210 g/mol. The van der Waals surface area contributed by atoms with E-state index in [1.54, 1.807) is 0 Å². The second-order valence-electron chi connectivity index (χ2n) is 6.11. The zero-order valence-corrected chi connectivity index (χ0v) is 11.8. The van der Waals surface area contributed by atoms with E-state index in [0.717, 1.165) is 18.0 Å². The Morgan fingerprint density at radius 3 is 2.71 bits per heavy atom. The highest BCUT2D eigenvalue weighted by molar-refractivity contribution is 4.86. The van der Waals surface area contributed by atoms with Crippen molar-refractivity contribution in [2.45, 2.75) is 44.2 Å². The molecule has 0 bridgehead atoms. The van der Waals surface area contributed by atoms with Crippen molar-refractivity contribution >= 4 is 0 Å². The topological polar surface area (TPSA) is 18.5 Å².